The average molecular weight is 291 g/mol. The van der Waals surface area contributed by atoms with Crippen LogP contribution in [0.15, 0.2) is 17.0 Å². The molecule has 1 aliphatic rings. The Labute approximate surface area is 108 Å². The quantitative estimate of drug-likeness (QED) is 0.632. The number of benzene rings is 1. The number of nitro benzene ring substituents is 1. The van der Waals surface area contributed by atoms with Gasteiger partial charge in [0, 0.05) is 6.07 Å². The minimum absolute atomic E-state index is 0.160. The normalized spacial score (nSPS) is 18.1. The van der Waals surface area contributed by atoms with Gasteiger partial charge in [-0.15, -0.1) is 0 Å². The third-order valence-corrected chi connectivity index (χ3v) is 3.56. The minimum Gasteiger partial charge on any atom is -0.286 e. The maximum absolute atomic E-state index is 12.6. The second kappa shape index (κ2) is 4.29. The Morgan fingerprint density at radius 3 is 2.63 bits per heavy atom. The highest BCUT2D eigenvalue weighted by Gasteiger charge is 2.40. The van der Waals surface area contributed by atoms with Crippen LogP contribution in [0.5, 0.6) is 0 Å². The summed E-state index contributed by atoms with van der Waals surface area (Å²) in [5, 5.41) is 28.1. The first kappa shape index (κ1) is 13.4. The Balaban J connectivity index is 2.66. The van der Waals surface area contributed by atoms with E-state index in [1.165, 1.54) is 0 Å². The topological polar surface area (TPSA) is 90.4 Å². The maximum atomic E-state index is 12.6. The number of nitro groups is 1. The Morgan fingerprint density at radius 2 is 2.16 bits per heavy atom. The molecule has 19 heavy (non-hydrogen) atoms. The summed E-state index contributed by atoms with van der Waals surface area (Å²) in [6.07, 6.45) is -4.78. The van der Waals surface area contributed by atoms with E-state index in [4.69, 9.17) is 5.26 Å². The molecule has 0 spiro atoms. The third kappa shape index (κ3) is 2.18. The molecule has 10 heteroatoms. The van der Waals surface area contributed by atoms with Gasteiger partial charge in [-0.1, -0.05) is 11.8 Å². The van der Waals surface area contributed by atoms with Crippen LogP contribution < -0.4 is 5.06 Å². The number of fused-ring (bicyclic) bond motifs is 1. The van der Waals surface area contributed by atoms with Gasteiger partial charge in [-0.3, -0.25) is 15.3 Å². The first-order valence-corrected chi connectivity index (χ1v) is 5.57. The number of alkyl halides is 3. The van der Waals surface area contributed by atoms with Crippen molar-refractivity contribution in [3.05, 3.63) is 27.8 Å². The Morgan fingerprint density at radius 1 is 1.53 bits per heavy atom. The molecule has 0 saturated carbocycles. The molecule has 0 amide bonds. The third-order valence-electron chi connectivity index (χ3n) is 2.38. The van der Waals surface area contributed by atoms with Crippen molar-refractivity contribution in [3.63, 3.8) is 0 Å². The van der Waals surface area contributed by atoms with Crippen molar-refractivity contribution in [3.8, 4) is 6.07 Å². The lowest BCUT2D eigenvalue weighted by molar-refractivity contribution is -0.387. The lowest BCUT2D eigenvalue weighted by Gasteiger charge is -2.14. The molecule has 1 unspecified atom stereocenters. The van der Waals surface area contributed by atoms with Crippen LogP contribution in [0.2, 0.25) is 0 Å². The van der Waals surface area contributed by atoms with Crippen LogP contribution in [-0.2, 0) is 6.18 Å². The number of hydroxylamine groups is 1. The fourth-order valence-corrected chi connectivity index (χ4v) is 2.57. The van der Waals surface area contributed by atoms with Gasteiger partial charge in [0.1, 0.15) is 11.0 Å². The van der Waals surface area contributed by atoms with Gasteiger partial charge in [0.05, 0.1) is 16.2 Å². The van der Waals surface area contributed by atoms with E-state index in [2.05, 4.69) is 0 Å². The van der Waals surface area contributed by atoms with Crippen molar-refractivity contribution >= 4 is 23.1 Å². The number of rotatable bonds is 1. The highest BCUT2D eigenvalue weighted by molar-refractivity contribution is 8.00. The van der Waals surface area contributed by atoms with Gasteiger partial charge in [-0.2, -0.15) is 18.4 Å². The van der Waals surface area contributed by atoms with Gasteiger partial charge >= 0.3 is 6.18 Å². The Kier molecular flexibility index (Phi) is 3.03. The summed E-state index contributed by atoms with van der Waals surface area (Å²) in [4.78, 5) is 9.65. The van der Waals surface area contributed by atoms with Crippen LogP contribution in [0, 0.1) is 21.4 Å². The van der Waals surface area contributed by atoms with Gasteiger partial charge in [-0.25, -0.2) is 5.06 Å². The summed E-state index contributed by atoms with van der Waals surface area (Å²) in [5.74, 6) is 0. The molecule has 1 heterocycles. The Bertz CT molecular complexity index is 599. The summed E-state index contributed by atoms with van der Waals surface area (Å²) in [5.41, 5.74) is -2.43. The molecule has 0 bridgehead atoms. The standard InChI is InChI=1S/C9H4F3N3O3S/c10-9(11,12)4-1-5-8(6(2-4)15(17)18)19-7(3-13)14(5)16/h1-2,7,16H. The fraction of sp³-hybridized carbons (Fsp3) is 0.222. The molecule has 1 aromatic carbocycles. The molecule has 1 N–H and O–H groups in total. The van der Waals surface area contributed by atoms with Crippen LogP contribution in [0.1, 0.15) is 5.56 Å². The molecule has 1 aliphatic heterocycles. The van der Waals surface area contributed by atoms with Crippen molar-refractivity contribution in [2.24, 2.45) is 0 Å². The van der Waals surface area contributed by atoms with E-state index in [0.717, 1.165) is 0 Å². The predicted molar refractivity (Wildman–Crippen MR) is 57.6 cm³/mol. The van der Waals surface area contributed by atoms with Crippen LogP contribution in [0.4, 0.5) is 24.5 Å². The SMILES string of the molecule is N#CC1Sc2c(cc(C(F)(F)F)cc2[N+](=O)[O-])N1O. The van der Waals surface area contributed by atoms with Crippen molar-refractivity contribution < 1.29 is 23.3 Å². The molecule has 0 radical (unpaired) electrons. The van der Waals surface area contributed by atoms with Gasteiger partial charge < -0.3 is 0 Å². The van der Waals surface area contributed by atoms with Crippen LogP contribution in [0.3, 0.4) is 0 Å². The van der Waals surface area contributed by atoms with Crippen molar-refractivity contribution in [2.75, 3.05) is 5.06 Å². The molecule has 1 aromatic rings. The van der Waals surface area contributed by atoms with Crippen molar-refractivity contribution in [1.29, 1.82) is 5.26 Å². The van der Waals surface area contributed by atoms with E-state index in [9.17, 15) is 28.5 Å². The van der Waals surface area contributed by atoms with Crippen molar-refractivity contribution in [1.82, 2.24) is 0 Å². The van der Waals surface area contributed by atoms with Crippen LogP contribution >= 0.6 is 11.8 Å². The molecule has 6 nitrogen and oxygen atoms in total. The van der Waals surface area contributed by atoms with Crippen LogP contribution in [-0.4, -0.2) is 15.5 Å². The molecule has 1 atom stereocenters. The van der Waals surface area contributed by atoms with E-state index < -0.39 is 33.4 Å². The van der Waals surface area contributed by atoms with E-state index in [-0.39, 0.29) is 4.90 Å². The zero-order valence-corrected chi connectivity index (χ0v) is 9.70. The second-order valence-electron chi connectivity index (χ2n) is 3.54. The number of halogens is 3. The maximum Gasteiger partial charge on any atom is 0.416 e. The van der Waals surface area contributed by atoms with Gasteiger partial charge in [0.25, 0.3) is 5.69 Å². The smallest absolute Gasteiger partial charge is 0.286 e. The number of nitriles is 1. The van der Waals surface area contributed by atoms with E-state index in [1.54, 1.807) is 6.07 Å². The molecule has 0 aromatic heterocycles. The highest BCUT2D eigenvalue weighted by Crippen LogP contribution is 2.49. The number of thioether (sulfide) groups is 1. The molecule has 100 valence electrons. The summed E-state index contributed by atoms with van der Waals surface area (Å²) >= 11 is 0.624. The van der Waals surface area contributed by atoms with E-state index in [1.807, 2.05) is 0 Å². The molecule has 2 rings (SSSR count). The first-order chi connectivity index (χ1) is 8.75. The lowest BCUT2D eigenvalue weighted by atomic mass is 10.1. The zero-order valence-electron chi connectivity index (χ0n) is 8.88. The molecule has 0 aliphatic carbocycles. The summed E-state index contributed by atoms with van der Waals surface area (Å²) in [6, 6.07) is 2.58. The number of nitrogens with zero attached hydrogens (tertiary/aromatic N) is 3. The van der Waals surface area contributed by atoms with E-state index >= 15 is 0 Å². The molecular weight excluding hydrogens is 287 g/mol. The zero-order chi connectivity index (χ0) is 14.4. The van der Waals surface area contributed by atoms with Crippen LogP contribution in [0.25, 0.3) is 0 Å². The van der Waals surface area contributed by atoms with E-state index in [0.29, 0.717) is 29.0 Å². The Hall–Kier alpha value is -1.99. The molecule has 0 fully saturated rings. The minimum atomic E-state index is -4.78. The average Bonchev–Trinajstić information content (AvgIpc) is 2.64. The monoisotopic (exact) mass is 291 g/mol. The highest BCUT2D eigenvalue weighted by atomic mass is 32.2. The summed E-state index contributed by atoms with van der Waals surface area (Å²) < 4.78 is 37.8. The fourth-order valence-electron chi connectivity index (χ4n) is 1.56. The molecular formula is C9H4F3N3O3S. The van der Waals surface area contributed by atoms with Crippen molar-refractivity contribution in [2.45, 2.75) is 16.4 Å². The molecule has 0 saturated heterocycles. The summed E-state index contributed by atoms with van der Waals surface area (Å²) in [7, 11) is 0. The number of hydrogen-bond donors (Lipinski definition) is 1. The number of hydrogen-bond acceptors (Lipinski definition) is 6. The summed E-state index contributed by atoms with van der Waals surface area (Å²) in [6.45, 7) is 0. The second-order valence-corrected chi connectivity index (χ2v) is 4.63. The largest absolute Gasteiger partial charge is 0.416 e. The number of anilines is 1. The van der Waals surface area contributed by atoms with Gasteiger partial charge in [-0.05, 0) is 6.07 Å². The van der Waals surface area contributed by atoms with Gasteiger partial charge in [0.2, 0.25) is 0 Å². The van der Waals surface area contributed by atoms with Gasteiger partial charge in [0.15, 0.2) is 5.37 Å². The predicted octanol–water partition coefficient (Wildman–Crippen LogP) is 2.76. The lowest BCUT2D eigenvalue weighted by Crippen LogP contribution is -2.23. The first-order valence-electron chi connectivity index (χ1n) is 4.69.